The average molecular weight is 397 g/mol. The highest BCUT2D eigenvalue weighted by atomic mass is 32.3. The van der Waals surface area contributed by atoms with Crippen molar-refractivity contribution in [3.8, 4) is 0 Å². The van der Waals surface area contributed by atoms with Gasteiger partial charge in [-0.05, 0) is 26.2 Å². The van der Waals surface area contributed by atoms with E-state index in [9.17, 15) is 18.0 Å². The van der Waals surface area contributed by atoms with Gasteiger partial charge in [0.2, 0.25) is 6.41 Å². The molecule has 0 spiro atoms. The molecular weight excluding hydrogens is 364 g/mol. The van der Waals surface area contributed by atoms with Crippen molar-refractivity contribution in [2.45, 2.75) is 59.0 Å². The van der Waals surface area contributed by atoms with E-state index >= 15 is 0 Å². The van der Waals surface area contributed by atoms with Crippen LogP contribution < -0.4 is 5.73 Å². The van der Waals surface area contributed by atoms with Crippen LogP contribution in [0.5, 0.6) is 0 Å². The van der Waals surface area contributed by atoms with Crippen molar-refractivity contribution in [3.63, 3.8) is 0 Å². The second kappa shape index (κ2) is 12.0. The zero-order chi connectivity index (χ0) is 20.3. The maximum atomic E-state index is 11.4. The lowest BCUT2D eigenvalue weighted by atomic mass is 10.1. The van der Waals surface area contributed by atoms with Crippen molar-refractivity contribution >= 4 is 22.8 Å². The molecule has 2 unspecified atom stereocenters. The maximum Gasteiger partial charge on any atom is 0.418 e. The normalized spacial score (nSPS) is 19.8. The third-order valence-electron chi connectivity index (χ3n) is 3.89. The second-order valence-corrected chi connectivity index (χ2v) is 6.79. The quantitative estimate of drug-likeness (QED) is 0.481. The van der Waals surface area contributed by atoms with Crippen LogP contribution >= 0.6 is 0 Å². The molecule has 2 rings (SSSR count). The van der Waals surface area contributed by atoms with E-state index in [4.69, 9.17) is 10.3 Å². The Morgan fingerprint density at radius 2 is 2.08 bits per heavy atom. The van der Waals surface area contributed by atoms with Crippen molar-refractivity contribution in [1.82, 2.24) is 14.9 Å². The monoisotopic (exact) mass is 396 g/mol. The lowest BCUT2D eigenvalue weighted by Crippen LogP contribution is -2.37. The van der Waals surface area contributed by atoms with Crippen LogP contribution in [-0.2, 0) is 19.5 Å². The third-order valence-corrected chi connectivity index (χ3v) is 4.24. The largest absolute Gasteiger partial charge is 0.418 e. The first kappa shape index (κ1) is 24.6. The van der Waals surface area contributed by atoms with Crippen molar-refractivity contribution in [1.29, 1.82) is 0 Å². The number of urea groups is 1. The van der Waals surface area contributed by atoms with Gasteiger partial charge in [0, 0.05) is 32.2 Å². The van der Waals surface area contributed by atoms with Gasteiger partial charge in [-0.3, -0.25) is 9.35 Å². The van der Waals surface area contributed by atoms with Crippen molar-refractivity contribution in [2.75, 3.05) is 26.2 Å². The number of nitrogens with two attached hydrogens (primary N) is 1. The number of hydrogen-bond acceptors (Lipinski definition) is 6. The third kappa shape index (κ3) is 7.85. The van der Waals surface area contributed by atoms with E-state index < -0.39 is 16.4 Å². The minimum atomic E-state index is -4.60. The molecule has 0 aromatic carbocycles. The Morgan fingerprint density at radius 1 is 1.46 bits per heavy atom. The molecule has 3 N–H and O–H groups in total. The van der Waals surface area contributed by atoms with Gasteiger partial charge in [0.15, 0.2) is 0 Å². The van der Waals surface area contributed by atoms with Gasteiger partial charge in [0.1, 0.15) is 0 Å². The Labute approximate surface area is 156 Å². The molecule has 0 saturated carbocycles. The summed E-state index contributed by atoms with van der Waals surface area (Å²) in [5, 5.41) is 0.738. The first-order valence-electron chi connectivity index (χ1n) is 8.89. The van der Waals surface area contributed by atoms with E-state index in [0.29, 0.717) is 26.1 Å². The van der Waals surface area contributed by atoms with E-state index in [1.54, 1.807) is 4.90 Å². The molecule has 2 heterocycles. The fourth-order valence-electron chi connectivity index (χ4n) is 2.58. The number of hydroxylamine groups is 2. The maximum absolute atomic E-state index is 11.4. The minimum Gasteiger partial charge on any atom is -0.341 e. The van der Waals surface area contributed by atoms with E-state index in [1.165, 1.54) is 4.90 Å². The summed E-state index contributed by atoms with van der Waals surface area (Å²) in [5.74, 6) is 0. The summed E-state index contributed by atoms with van der Waals surface area (Å²) < 4.78 is 33.5. The predicted molar refractivity (Wildman–Crippen MR) is 97.4 cm³/mol. The molecule has 154 valence electrons. The van der Waals surface area contributed by atoms with Gasteiger partial charge >= 0.3 is 16.4 Å². The highest BCUT2D eigenvalue weighted by molar-refractivity contribution is 7.80. The highest BCUT2D eigenvalue weighted by Gasteiger charge is 2.42. The van der Waals surface area contributed by atoms with E-state index in [1.807, 2.05) is 27.7 Å². The molecule has 0 radical (unpaired) electrons. The fourth-order valence-corrected chi connectivity index (χ4v) is 2.97. The lowest BCUT2D eigenvalue weighted by Gasteiger charge is -2.22. The van der Waals surface area contributed by atoms with Crippen molar-refractivity contribution in [3.05, 3.63) is 0 Å². The van der Waals surface area contributed by atoms with Gasteiger partial charge in [0.25, 0.3) is 0 Å². The van der Waals surface area contributed by atoms with Crippen molar-refractivity contribution in [2.24, 2.45) is 5.73 Å². The Bertz CT molecular complexity index is 530. The summed E-state index contributed by atoms with van der Waals surface area (Å²) in [4.78, 5) is 25.0. The number of carbonyl (C=O) groups is 2. The smallest absolute Gasteiger partial charge is 0.341 e. The van der Waals surface area contributed by atoms with Gasteiger partial charge in [-0.1, -0.05) is 20.8 Å². The van der Waals surface area contributed by atoms with E-state index in [2.05, 4.69) is 4.28 Å². The van der Waals surface area contributed by atoms with Gasteiger partial charge in [0.05, 0.1) is 6.04 Å². The zero-order valence-corrected chi connectivity index (χ0v) is 16.8. The number of amides is 3. The molecular formula is C15H32N4O6S. The van der Waals surface area contributed by atoms with Gasteiger partial charge in [-0.25, -0.2) is 4.79 Å². The molecule has 2 atom stereocenters. The first-order chi connectivity index (χ1) is 12.2. The summed E-state index contributed by atoms with van der Waals surface area (Å²) >= 11 is 0. The second-order valence-electron chi connectivity index (χ2n) is 5.78. The summed E-state index contributed by atoms with van der Waals surface area (Å²) in [6, 6.07) is -0.583. The van der Waals surface area contributed by atoms with Gasteiger partial charge < -0.3 is 15.5 Å². The molecule has 11 heteroatoms. The molecule has 2 bridgehead atoms. The SMILES string of the molecule is CC.CCCN(C=O)C(C)CN.O=C1N2CCCC(C2)N1OS(=O)(=O)O. The zero-order valence-electron chi connectivity index (χ0n) is 16.0. The number of rotatable bonds is 7. The number of carbonyl (C=O) groups excluding carboxylic acids is 2. The topological polar surface area (TPSA) is 133 Å². The molecule has 0 aromatic rings. The molecule has 3 amide bonds. The molecule has 26 heavy (non-hydrogen) atoms. The van der Waals surface area contributed by atoms with Crippen LogP contribution in [0.3, 0.4) is 0 Å². The molecule has 2 aliphatic rings. The Hall–Kier alpha value is -1.43. The number of hydrogen-bond donors (Lipinski definition) is 2. The number of nitrogens with zero attached hydrogens (tertiary/aromatic N) is 3. The lowest BCUT2D eigenvalue weighted by molar-refractivity contribution is -0.119. The minimum absolute atomic E-state index is 0.178. The summed E-state index contributed by atoms with van der Waals surface area (Å²) in [7, 11) is -4.60. The van der Waals surface area contributed by atoms with Crippen molar-refractivity contribution < 1.29 is 26.8 Å². The van der Waals surface area contributed by atoms with Crippen LogP contribution in [0.1, 0.15) is 47.0 Å². The summed E-state index contributed by atoms with van der Waals surface area (Å²) in [5.41, 5.74) is 5.38. The van der Waals surface area contributed by atoms with Crippen LogP contribution in [0.4, 0.5) is 4.79 Å². The van der Waals surface area contributed by atoms with Crippen LogP contribution in [0.25, 0.3) is 0 Å². The Kier molecular flexibility index (Phi) is 11.4. The molecule has 2 saturated heterocycles. The van der Waals surface area contributed by atoms with Crippen LogP contribution in [0.2, 0.25) is 0 Å². The van der Waals surface area contributed by atoms with Gasteiger partial charge in [-0.15, -0.1) is 4.28 Å². The average Bonchev–Trinajstić information content (AvgIpc) is 2.83. The highest BCUT2D eigenvalue weighted by Crippen LogP contribution is 2.25. The van der Waals surface area contributed by atoms with Gasteiger partial charge in [-0.2, -0.15) is 13.5 Å². The summed E-state index contributed by atoms with van der Waals surface area (Å²) in [6.07, 6.45) is 3.36. The fraction of sp³-hybridized carbons (Fsp3) is 0.867. The number of piperidine rings is 1. The van der Waals surface area contributed by atoms with E-state index in [0.717, 1.165) is 30.9 Å². The Balaban J connectivity index is 0.000000464. The first-order valence-corrected chi connectivity index (χ1v) is 10.3. The molecule has 0 aromatic heterocycles. The molecule has 2 aliphatic heterocycles. The molecule has 2 fully saturated rings. The molecule has 0 aliphatic carbocycles. The number of fused-ring (bicyclic) bond motifs is 2. The summed E-state index contributed by atoms with van der Waals surface area (Å²) in [6.45, 7) is 10.4. The van der Waals surface area contributed by atoms with Crippen LogP contribution in [0, 0.1) is 0 Å². The predicted octanol–water partition coefficient (Wildman–Crippen LogP) is 0.849. The van der Waals surface area contributed by atoms with Crippen LogP contribution in [0.15, 0.2) is 0 Å². The van der Waals surface area contributed by atoms with E-state index in [-0.39, 0.29) is 12.1 Å². The standard InChI is InChI=1S/C7H16N2O.C6H10N2O5S.C2H6/c1-3-4-9(6-10)7(2)5-8;9-6-7-3-1-2-5(4-7)8(6)13-14(10,11)12;1-2/h6-7H,3-5,8H2,1-2H3;5H,1-4H2,(H,10,11,12);1-2H3. The molecule has 10 nitrogen and oxygen atoms in total. The Morgan fingerprint density at radius 3 is 2.50 bits per heavy atom. The van der Waals surface area contributed by atoms with Crippen LogP contribution in [-0.4, -0.2) is 78.5 Å².